The van der Waals surface area contributed by atoms with Crippen LogP contribution in [0.5, 0.6) is 0 Å². The van der Waals surface area contributed by atoms with Gasteiger partial charge in [-0.1, -0.05) is 84.7 Å². The van der Waals surface area contributed by atoms with E-state index in [1.165, 1.54) is 51.1 Å². The summed E-state index contributed by atoms with van der Waals surface area (Å²) >= 11 is 0. The van der Waals surface area contributed by atoms with Gasteiger partial charge in [0, 0.05) is 0 Å². The van der Waals surface area contributed by atoms with Crippen LogP contribution in [-0.2, 0) is 0 Å². The average molecular weight is 374 g/mol. The fourth-order valence-electron chi connectivity index (χ4n) is 5.65. The third kappa shape index (κ3) is 4.68. The van der Waals surface area contributed by atoms with Crippen LogP contribution in [0.2, 0.25) is 0 Å². The summed E-state index contributed by atoms with van der Waals surface area (Å²) in [6.07, 6.45) is 21.7. The van der Waals surface area contributed by atoms with Gasteiger partial charge in [-0.2, -0.15) is 0 Å². The van der Waals surface area contributed by atoms with Crippen LogP contribution < -0.4 is 5.30 Å². The summed E-state index contributed by atoms with van der Waals surface area (Å²) in [5.74, 6) is 0. The monoisotopic (exact) mass is 374 g/mol. The topological polar surface area (TPSA) is 0 Å². The van der Waals surface area contributed by atoms with Gasteiger partial charge in [-0.05, 0) is 73.1 Å². The first-order valence-corrected chi connectivity index (χ1v) is 14.3. The Labute approximate surface area is 158 Å². The fourth-order valence-corrected chi connectivity index (χ4v) is 13.5. The van der Waals surface area contributed by atoms with Crippen LogP contribution in [0.15, 0.2) is 30.3 Å². The number of hydrogen-bond acceptors (Lipinski definition) is 0. The Hall–Kier alpha value is 0.0800. The normalized spacial score (nSPS) is 29.3. The third-order valence-electron chi connectivity index (χ3n) is 6.97. The lowest BCUT2D eigenvalue weighted by atomic mass is 9.99. The second-order valence-electron chi connectivity index (χ2n) is 8.61. The Kier molecular flexibility index (Phi) is 6.88. The average Bonchev–Trinajstić information content (AvgIpc) is 3.16. The highest BCUT2D eigenvalue weighted by molar-refractivity contribution is 7.68. The first kappa shape index (κ1) is 18.4. The molecule has 1 saturated heterocycles. The van der Waals surface area contributed by atoms with Gasteiger partial charge < -0.3 is 0 Å². The minimum atomic E-state index is 0.138. The van der Waals surface area contributed by atoms with E-state index in [0.29, 0.717) is 7.92 Å². The second kappa shape index (κ2) is 9.33. The number of benzene rings is 1. The summed E-state index contributed by atoms with van der Waals surface area (Å²) in [7, 11) is 0.429. The molecule has 138 valence electrons. The molecule has 3 aliphatic rings. The molecule has 0 nitrogen and oxygen atoms in total. The van der Waals surface area contributed by atoms with Crippen molar-refractivity contribution in [3.63, 3.8) is 0 Å². The first-order chi connectivity index (χ1) is 12.4. The molecule has 1 aromatic rings. The Balaban J connectivity index is 1.48. The van der Waals surface area contributed by atoms with Gasteiger partial charge in [0.05, 0.1) is 0 Å². The van der Waals surface area contributed by atoms with Crippen molar-refractivity contribution < 1.29 is 0 Å². The Morgan fingerprint density at radius 1 is 0.720 bits per heavy atom. The molecule has 25 heavy (non-hydrogen) atoms. The van der Waals surface area contributed by atoms with Crippen LogP contribution in [0.3, 0.4) is 0 Å². The highest BCUT2D eigenvalue weighted by Gasteiger charge is 2.36. The lowest BCUT2D eigenvalue weighted by Gasteiger charge is -2.40. The van der Waals surface area contributed by atoms with Gasteiger partial charge in [0.25, 0.3) is 0 Å². The molecule has 3 fully saturated rings. The molecule has 2 aliphatic carbocycles. The maximum absolute atomic E-state index is 2.44. The van der Waals surface area contributed by atoms with E-state index in [4.69, 9.17) is 0 Å². The van der Waals surface area contributed by atoms with Gasteiger partial charge in [0.2, 0.25) is 0 Å². The van der Waals surface area contributed by atoms with E-state index in [2.05, 4.69) is 30.3 Å². The van der Waals surface area contributed by atoms with Crippen molar-refractivity contribution in [2.24, 2.45) is 0 Å². The van der Waals surface area contributed by atoms with Crippen LogP contribution in [0, 0.1) is 0 Å². The van der Waals surface area contributed by atoms with E-state index in [1.807, 2.05) is 0 Å². The summed E-state index contributed by atoms with van der Waals surface area (Å²) in [6, 6.07) is 11.6. The van der Waals surface area contributed by atoms with E-state index >= 15 is 0 Å². The highest BCUT2D eigenvalue weighted by atomic mass is 31.1. The van der Waals surface area contributed by atoms with E-state index < -0.39 is 0 Å². The predicted octanol–water partition coefficient (Wildman–Crippen LogP) is 7.10. The highest BCUT2D eigenvalue weighted by Crippen LogP contribution is 2.61. The van der Waals surface area contributed by atoms with Gasteiger partial charge in [0.15, 0.2) is 0 Å². The van der Waals surface area contributed by atoms with Crippen molar-refractivity contribution in [3.8, 4) is 0 Å². The smallest absolute Gasteiger partial charge is 0.0129 e. The zero-order valence-electron chi connectivity index (χ0n) is 15.9. The van der Waals surface area contributed by atoms with E-state index in [0.717, 1.165) is 17.0 Å². The van der Waals surface area contributed by atoms with Crippen molar-refractivity contribution in [3.05, 3.63) is 30.3 Å². The molecular weight excluding hydrogens is 338 g/mol. The molecule has 4 rings (SSSR count). The van der Waals surface area contributed by atoms with Crippen molar-refractivity contribution >= 4 is 21.1 Å². The predicted molar refractivity (Wildman–Crippen MR) is 116 cm³/mol. The largest absolute Gasteiger partial charge is 0.0997 e. The van der Waals surface area contributed by atoms with Crippen LogP contribution in [-0.4, -0.2) is 29.3 Å². The molecule has 2 heteroatoms. The molecular formula is C23H36P2. The zero-order chi connectivity index (χ0) is 16.9. The molecule has 1 heterocycles. The summed E-state index contributed by atoms with van der Waals surface area (Å²) < 4.78 is 0. The Morgan fingerprint density at radius 3 is 1.92 bits per heavy atom. The minimum absolute atomic E-state index is 0.138. The van der Waals surface area contributed by atoms with Gasteiger partial charge in [-0.25, -0.2) is 0 Å². The maximum atomic E-state index is 2.44. The van der Waals surface area contributed by atoms with Gasteiger partial charge >= 0.3 is 0 Å². The Morgan fingerprint density at radius 2 is 1.32 bits per heavy atom. The van der Waals surface area contributed by atoms with Crippen LogP contribution in [0.25, 0.3) is 0 Å². The summed E-state index contributed by atoms with van der Waals surface area (Å²) in [4.78, 5) is 0. The van der Waals surface area contributed by atoms with Crippen molar-refractivity contribution in [1.82, 2.24) is 0 Å². The van der Waals surface area contributed by atoms with Crippen LogP contribution in [0.1, 0.15) is 77.0 Å². The maximum Gasteiger partial charge on any atom is -0.0129 e. The number of rotatable bonds is 5. The van der Waals surface area contributed by atoms with Gasteiger partial charge in [-0.3, -0.25) is 0 Å². The van der Waals surface area contributed by atoms with E-state index in [9.17, 15) is 0 Å². The van der Waals surface area contributed by atoms with Gasteiger partial charge in [0.1, 0.15) is 0 Å². The number of hydrogen-bond donors (Lipinski definition) is 0. The van der Waals surface area contributed by atoms with E-state index in [-0.39, 0.29) is 7.92 Å². The molecule has 0 aromatic heterocycles. The second-order valence-corrected chi connectivity index (χ2v) is 14.1. The summed E-state index contributed by atoms with van der Waals surface area (Å²) in [5, 5.41) is 1.71. The lowest BCUT2D eigenvalue weighted by Crippen LogP contribution is -2.25. The molecule has 2 saturated carbocycles. The molecule has 0 radical (unpaired) electrons. The van der Waals surface area contributed by atoms with Crippen molar-refractivity contribution in [2.45, 2.75) is 94.0 Å². The fraction of sp³-hybridized carbons (Fsp3) is 0.739. The van der Waals surface area contributed by atoms with E-state index in [1.54, 1.807) is 43.6 Å². The molecule has 2 atom stereocenters. The van der Waals surface area contributed by atoms with Gasteiger partial charge in [-0.15, -0.1) is 0 Å². The molecule has 0 spiro atoms. The minimum Gasteiger partial charge on any atom is -0.0997 e. The summed E-state index contributed by atoms with van der Waals surface area (Å²) in [6.45, 7) is 0. The molecule has 1 aromatic carbocycles. The van der Waals surface area contributed by atoms with Crippen molar-refractivity contribution in [2.75, 3.05) is 12.3 Å². The van der Waals surface area contributed by atoms with Crippen molar-refractivity contribution in [1.29, 1.82) is 0 Å². The Bertz CT molecular complexity index is 484. The molecule has 0 N–H and O–H groups in total. The quantitative estimate of drug-likeness (QED) is 0.482. The SMILES string of the molecule is c1ccc([P@]2CCC[C@@H]2CP(C2CCCCC2)C2CCCCC2)cc1. The van der Waals surface area contributed by atoms with Crippen LogP contribution >= 0.6 is 15.8 Å². The standard InChI is InChI=1S/C23H36P2/c1-4-11-20(12-5-1)24-18-10-17-23(24)19-25(21-13-6-2-7-14-21)22-15-8-3-9-16-22/h1,4-5,11-12,21-23H,2-3,6-10,13-19H2/t23-,24+/m1/s1. The lowest BCUT2D eigenvalue weighted by molar-refractivity contribution is 0.483. The molecule has 0 unspecified atom stereocenters. The molecule has 0 bridgehead atoms. The molecule has 1 aliphatic heterocycles. The third-order valence-corrected chi connectivity index (χ3v) is 14.1. The first-order valence-electron chi connectivity index (χ1n) is 11.0. The zero-order valence-corrected chi connectivity index (χ0v) is 17.7. The molecule has 0 amide bonds. The van der Waals surface area contributed by atoms with Crippen LogP contribution in [0.4, 0.5) is 0 Å². The summed E-state index contributed by atoms with van der Waals surface area (Å²) in [5.41, 5.74) is 3.34.